The van der Waals surface area contributed by atoms with E-state index in [1.165, 1.54) is 0 Å². The monoisotopic (exact) mass is 300 g/mol. The molecule has 1 aromatic rings. The third-order valence-electron chi connectivity index (χ3n) is 4.12. The number of halogens is 3. The Morgan fingerprint density at radius 1 is 1.33 bits per heavy atom. The molecule has 0 spiro atoms. The molecule has 2 aliphatic heterocycles. The van der Waals surface area contributed by atoms with Crippen molar-refractivity contribution in [1.29, 1.82) is 0 Å². The molecule has 6 heteroatoms. The molecule has 1 N–H and O–H groups in total. The highest BCUT2D eigenvalue weighted by Crippen LogP contribution is 2.36. The Kier molecular flexibility index (Phi) is 3.97. The first-order valence-electron chi connectivity index (χ1n) is 7.31. The van der Waals surface area contributed by atoms with Gasteiger partial charge in [-0.1, -0.05) is 12.1 Å². The zero-order valence-corrected chi connectivity index (χ0v) is 11.7. The van der Waals surface area contributed by atoms with Crippen LogP contribution in [0.3, 0.4) is 0 Å². The topological polar surface area (TPSA) is 24.5 Å². The molecule has 21 heavy (non-hydrogen) atoms. The second kappa shape index (κ2) is 5.75. The van der Waals surface area contributed by atoms with Crippen LogP contribution in [-0.2, 0) is 6.54 Å². The summed E-state index contributed by atoms with van der Waals surface area (Å²) >= 11 is 0. The predicted octanol–water partition coefficient (Wildman–Crippen LogP) is 3.27. The first kappa shape index (κ1) is 14.5. The van der Waals surface area contributed by atoms with Crippen LogP contribution >= 0.6 is 0 Å². The Morgan fingerprint density at radius 2 is 2.19 bits per heavy atom. The maximum Gasteiger partial charge on any atom is 0.393 e. The standard InChI is InChI=1S/C15H19F3N2O/c16-15(17,18)12-4-2-7-20(10-12)9-11-3-1-5-13-14(11)21-8-6-19-13/h1,3,5,12,19H,2,4,6-10H2. The van der Waals surface area contributed by atoms with E-state index in [9.17, 15) is 13.2 Å². The number of hydrogen-bond donors (Lipinski definition) is 1. The Morgan fingerprint density at radius 3 is 3.00 bits per heavy atom. The van der Waals surface area contributed by atoms with Crippen molar-refractivity contribution in [2.24, 2.45) is 5.92 Å². The fourth-order valence-corrected chi connectivity index (χ4v) is 3.07. The number of ether oxygens (including phenoxy) is 1. The molecule has 0 aromatic heterocycles. The Balaban J connectivity index is 1.72. The van der Waals surface area contributed by atoms with Crippen molar-refractivity contribution < 1.29 is 17.9 Å². The summed E-state index contributed by atoms with van der Waals surface area (Å²) in [6.45, 7) is 2.66. The SMILES string of the molecule is FC(F)(F)C1CCCN(Cc2cccc3c2OCCN3)C1. The number of piperidine rings is 1. The van der Waals surface area contributed by atoms with Gasteiger partial charge in [-0.05, 0) is 25.5 Å². The van der Waals surface area contributed by atoms with E-state index in [2.05, 4.69) is 5.32 Å². The number of hydrogen-bond acceptors (Lipinski definition) is 3. The minimum Gasteiger partial charge on any atom is -0.489 e. The molecular formula is C15H19F3N2O. The van der Waals surface area contributed by atoms with Crippen molar-refractivity contribution in [3.05, 3.63) is 23.8 Å². The van der Waals surface area contributed by atoms with Crippen molar-refractivity contribution >= 4 is 5.69 Å². The van der Waals surface area contributed by atoms with Crippen LogP contribution in [0.2, 0.25) is 0 Å². The molecule has 3 nitrogen and oxygen atoms in total. The lowest BCUT2D eigenvalue weighted by Crippen LogP contribution is -2.41. The van der Waals surface area contributed by atoms with Crippen LogP contribution in [0.1, 0.15) is 18.4 Å². The average molecular weight is 300 g/mol. The zero-order chi connectivity index (χ0) is 14.9. The van der Waals surface area contributed by atoms with Crippen LogP contribution < -0.4 is 10.1 Å². The third kappa shape index (κ3) is 3.26. The summed E-state index contributed by atoms with van der Waals surface area (Å²) in [5, 5.41) is 3.25. The van der Waals surface area contributed by atoms with Gasteiger partial charge in [0.1, 0.15) is 12.4 Å². The van der Waals surface area contributed by atoms with Crippen LogP contribution in [0.15, 0.2) is 18.2 Å². The van der Waals surface area contributed by atoms with E-state index >= 15 is 0 Å². The van der Waals surface area contributed by atoms with Crippen molar-refractivity contribution in [3.8, 4) is 5.75 Å². The highest BCUT2D eigenvalue weighted by Gasteiger charge is 2.41. The van der Waals surface area contributed by atoms with Crippen LogP contribution in [0.4, 0.5) is 18.9 Å². The number of nitrogens with zero attached hydrogens (tertiary/aromatic N) is 1. The Bertz CT molecular complexity index is 504. The van der Waals surface area contributed by atoms with Crippen molar-refractivity contribution in [3.63, 3.8) is 0 Å². The number of likely N-dealkylation sites (tertiary alicyclic amines) is 1. The molecule has 0 saturated carbocycles. The van der Waals surface area contributed by atoms with Gasteiger partial charge in [0.15, 0.2) is 0 Å². The Labute approximate surface area is 122 Å². The highest BCUT2D eigenvalue weighted by molar-refractivity contribution is 5.61. The molecule has 0 bridgehead atoms. The molecule has 1 unspecified atom stereocenters. The van der Waals surface area contributed by atoms with Gasteiger partial charge in [-0.15, -0.1) is 0 Å². The number of rotatable bonds is 2. The fourth-order valence-electron chi connectivity index (χ4n) is 3.07. The van der Waals surface area contributed by atoms with E-state index < -0.39 is 12.1 Å². The number of benzene rings is 1. The largest absolute Gasteiger partial charge is 0.489 e. The molecule has 2 aliphatic rings. The van der Waals surface area contributed by atoms with Crippen LogP contribution in [0.5, 0.6) is 5.75 Å². The van der Waals surface area contributed by atoms with Gasteiger partial charge in [0.2, 0.25) is 0 Å². The van der Waals surface area contributed by atoms with Crippen molar-refractivity contribution in [2.45, 2.75) is 25.6 Å². The van der Waals surface area contributed by atoms with Gasteiger partial charge in [0.05, 0.1) is 11.6 Å². The van der Waals surface area contributed by atoms with E-state index in [0.29, 0.717) is 26.1 Å². The molecule has 0 radical (unpaired) electrons. The number of nitrogens with one attached hydrogen (secondary N) is 1. The molecule has 3 rings (SSSR count). The molecule has 1 aromatic carbocycles. The van der Waals surface area contributed by atoms with Crippen LogP contribution in [0.25, 0.3) is 0 Å². The van der Waals surface area contributed by atoms with Gasteiger partial charge in [-0.25, -0.2) is 0 Å². The summed E-state index contributed by atoms with van der Waals surface area (Å²) in [6.07, 6.45) is -3.25. The summed E-state index contributed by atoms with van der Waals surface area (Å²) in [6, 6.07) is 5.79. The Hall–Kier alpha value is -1.43. The maximum absolute atomic E-state index is 12.9. The van der Waals surface area contributed by atoms with E-state index in [1.807, 2.05) is 23.1 Å². The summed E-state index contributed by atoms with van der Waals surface area (Å²) in [5.41, 5.74) is 1.89. The normalized spacial score (nSPS) is 23.1. The number of fused-ring (bicyclic) bond motifs is 1. The first-order valence-corrected chi connectivity index (χ1v) is 7.31. The lowest BCUT2D eigenvalue weighted by molar-refractivity contribution is -0.187. The third-order valence-corrected chi connectivity index (χ3v) is 4.12. The molecule has 0 amide bonds. The summed E-state index contributed by atoms with van der Waals surface area (Å²) in [7, 11) is 0. The van der Waals surface area contributed by atoms with Gasteiger partial charge in [-0.3, -0.25) is 4.90 Å². The molecule has 0 aliphatic carbocycles. The van der Waals surface area contributed by atoms with E-state index in [-0.39, 0.29) is 13.0 Å². The summed E-state index contributed by atoms with van der Waals surface area (Å²) in [4.78, 5) is 1.88. The minimum absolute atomic E-state index is 0.0839. The maximum atomic E-state index is 12.9. The number of para-hydroxylation sites is 1. The van der Waals surface area contributed by atoms with Gasteiger partial charge in [0, 0.05) is 25.2 Å². The summed E-state index contributed by atoms with van der Waals surface area (Å²) < 4.78 is 44.3. The van der Waals surface area contributed by atoms with Gasteiger partial charge in [-0.2, -0.15) is 13.2 Å². The predicted molar refractivity (Wildman–Crippen MR) is 74.5 cm³/mol. The van der Waals surface area contributed by atoms with Gasteiger partial charge in [0.25, 0.3) is 0 Å². The number of alkyl halides is 3. The highest BCUT2D eigenvalue weighted by atomic mass is 19.4. The van der Waals surface area contributed by atoms with E-state index in [1.54, 1.807) is 0 Å². The molecule has 1 saturated heterocycles. The van der Waals surface area contributed by atoms with E-state index in [0.717, 1.165) is 23.5 Å². The van der Waals surface area contributed by atoms with Crippen LogP contribution in [0, 0.1) is 5.92 Å². The zero-order valence-electron chi connectivity index (χ0n) is 11.7. The average Bonchev–Trinajstić information content (AvgIpc) is 2.47. The smallest absolute Gasteiger partial charge is 0.393 e. The molecule has 116 valence electrons. The molecular weight excluding hydrogens is 281 g/mol. The second-order valence-corrected chi connectivity index (χ2v) is 5.68. The first-order chi connectivity index (χ1) is 10.0. The summed E-state index contributed by atoms with van der Waals surface area (Å²) in [5.74, 6) is -0.414. The molecule has 1 atom stereocenters. The molecule has 2 heterocycles. The lowest BCUT2D eigenvalue weighted by atomic mass is 9.97. The number of anilines is 1. The van der Waals surface area contributed by atoms with Crippen molar-refractivity contribution in [1.82, 2.24) is 4.90 Å². The van der Waals surface area contributed by atoms with Crippen molar-refractivity contribution in [2.75, 3.05) is 31.6 Å². The fraction of sp³-hybridized carbons (Fsp3) is 0.600. The second-order valence-electron chi connectivity index (χ2n) is 5.68. The lowest BCUT2D eigenvalue weighted by Gasteiger charge is -2.34. The van der Waals surface area contributed by atoms with E-state index in [4.69, 9.17) is 4.74 Å². The van der Waals surface area contributed by atoms with Gasteiger partial charge < -0.3 is 10.1 Å². The molecule has 1 fully saturated rings. The quantitative estimate of drug-likeness (QED) is 0.907. The van der Waals surface area contributed by atoms with Gasteiger partial charge >= 0.3 is 6.18 Å². The van der Waals surface area contributed by atoms with Crippen LogP contribution in [-0.4, -0.2) is 37.3 Å². The minimum atomic E-state index is -4.09.